The van der Waals surface area contributed by atoms with Gasteiger partial charge in [-0.1, -0.05) is 12.1 Å². The van der Waals surface area contributed by atoms with Crippen LogP contribution in [0.5, 0.6) is 5.75 Å². The second-order valence-corrected chi connectivity index (χ2v) is 5.72. The second-order valence-electron chi connectivity index (χ2n) is 5.72. The number of hydrogen-bond donors (Lipinski definition) is 1. The van der Waals surface area contributed by atoms with E-state index in [-0.39, 0.29) is 0 Å². The first-order valence-corrected chi connectivity index (χ1v) is 7.30. The Morgan fingerprint density at radius 1 is 1.26 bits per heavy atom. The smallest absolute Gasteiger partial charge is 0.119 e. The van der Waals surface area contributed by atoms with E-state index in [9.17, 15) is 0 Å². The van der Waals surface area contributed by atoms with Gasteiger partial charge in [0.15, 0.2) is 0 Å². The van der Waals surface area contributed by atoms with Crippen LogP contribution in [0.1, 0.15) is 32.3 Å². The maximum absolute atomic E-state index is 5.76. The summed E-state index contributed by atoms with van der Waals surface area (Å²) in [6, 6.07) is 9.77. The summed E-state index contributed by atoms with van der Waals surface area (Å²) < 4.78 is 5.76. The summed E-state index contributed by atoms with van der Waals surface area (Å²) in [5, 5.41) is 3.52. The van der Waals surface area contributed by atoms with Crippen LogP contribution in [0.15, 0.2) is 24.3 Å². The van der Waals surface area contributed by atoms with E-state index >= 15 is 0 Å². The first-order chi connectivity index (χ1) is 9.15. The first-order valence-electron chi connectivity index (χ1n) is 7.30. The molecule has 1 N–H and O–H groups in total. The molecule has 1 fully saturated rings. The molecule has 0 bridgehead atoms. The van der Waals surface area contributed by atoms with Gasteiger partial charge >= 0.3 is 0 Å². The van der Waals surface area contributed by atoms with Gasteiger partial charge in [0.2, 0.25) is 0 Å². The van der Waals surface area contributed by atoms with Crippen molar-refractivity contribution in [2.24, 2.45) is 0 Å². The molecule has 0 spiro atoms. The van der Waals surface area contributed by atoms with Crippen molar-refractivity contribution in [3.63, 3.8) is 0 Å². The van der Waals surface area contributed by atoms with E-state index in [1.807, 2.05) is 0 Å². The zero-order valence-electron chi connectivity index (χ0n) is 12.4. The maximum Gasteiger partial charge on any atom is 0.119 e. The molecule has 1 aliphatic carbocycles. The van der Waals surface area contributed by atoms with Gasteiger partial charge in [-0.05, 0) is 51.4 Å². The fraction of sp³-hybridized carbons (Fsp3) is 0.625. The van der Waals surface area contributed by atoms with Crippen LogP contribution in [-0.2, 0) is 6.54 Å². The van der Waals surface area contributed by atoms with Crippen LogP contribution in [0.25, 0.3) is 0 Å². The number of hydrogen-bond acceptors (Lipinski definition) is 3. The highest BCUT2D eigenvalue weighted by Crippen LogP contribution is 2.19. The molecule has 0 aromatic heterocycles. The van der Waals surface area contributed by atoms with Crippen LogP contribution in [0, 0.1) is 0 Å². The lowest BCUT2D eigenvalue weighted by molar-refractivity contribution is 0.208. The zero-order valence-corrected chi connectivity index (χ0v) is 12.4. The minimum absolute atomic E-state index is 0.569. The monoisotopic (exact) mass is 262 g/mol. The Hall–Kier alpha value is -1.06. The van der Waals surface area contributed by atoms with Gasteiger partial charge in [-0.2, -0.15) is 0 Å². The lowest BCUT2D eigenvalue weighted by Gasteiger charge is -2.20. The summed E-state index contributed by atoms with van der Waals surface area (Å²) in [6.45, 7) is 7.07. The van der Waals surface area contributed by atoms with Gasteiger partial charge < -0.3 is 15.0 Å². The molecule has 0 aliphatic heterocycles. The van der Waals surface area contributed by atoms with Gasteiger partial charge in [-0.15, -0.1) is 0 Å². The van der Waals surface area contributed by atoms with Crippen molar-refractivity contribution in [2.75, 3.05) is 20.2 Å². The van der Waals surface area contributed by atoms with Gasteiger partial charge in [0.05, 0.1) is 0 Å². The van der Waals surface area contributed by atoms with Crippen molar-refractivity contribution in [3.8, 4) is 5.75 Å². The van der Waals surface area contributed by atoms with Crippen LogP contribution in [0.4, 0.5) is 0 Å². The van der Waals surface area contributed by atoms with Crippen LogP contribution >= 0.6 is 0 Å². The molecule has 1 aliphatic rings. The highest BCUT2D eigenvalue weighted by atomic mass is 16.5. The van der Waals surface area contributed by atoms with Gasteiger partial charge in [0.1, 0.15) is 12.4 Å². The quantitative estimate of drug-likeness (QED) is 0.779. The molecular formula is C16H26N2O. The minimum atomic E-state index is 0.569. The average Bonchev–Trinajstić information content (AvgIpc) is 3.21. The molecule has 0 unspecified atom stereocenters. The van der Waals surface area contributed by atoms with E-state index < -0.39 is 0 Å². The van der Waals surface area contributed by atoms with E-state index in [4.69, 9.17) is 4.74 Å². The Labute approximate surface area is 116 Å². The number of nitrogens with zero attached hydrogens (tertiary/aromatic N) is 1. The molecule has 106 valence electrons. The molecule has 3 nitrogen and oxygen atoms in total. The number of rotatable bonds is 8. The fourth-order valence-corrected chi connectivity index (χ4v) is 1.82. The van der Waals surface area contributed by atoms with E-state index in [1.54, 1.807) is 0 Å². The minimum Gasteiger partial charge on any atom is -0.492 e. The van der Waals surface area contributed by atoms with Gasteiger partial charge in [-0.3, -0.25) is 0 Å². The molecule has 2 rings (SSSR count). The van der Waals surface area contributed by atoms with E-state index in [0.717, 1.165) is 31.5 Å². The van der Waals surface area contributed by atoms with Crippen molar-refractivity contribution in [1.29, 1.82) is 0 Å². The van der Waals surface area contributed by atoms with Crippen LogP contribution in [0.3, 0.4) is 0 Å². The predicted molar refractivity (Wildman–Crippen MR) is 79.6 cm³/mol. The number of benzene rings is 1. The average molecular weight is 262 g/mol. The summed E-state index contributed by atoms with van der Waals surface area (Å²) in [5.74, 6) is 0.965. The molecule has 1 aromatic carbocycles. The second kappa shape index (κ2) is 6.92. The largest absolute Gasteiger partial charge is 0.492 e. The molecular weight excluding hydrogens is 236 g/mol. The first kappa shape index (κ1) is 14.4. The van der Waals surface area contributed by atoms with E-state index in [1.165, 1.54) is 18.4 Å². The van der Waals surface area contributed by atoms with Gasteiger partial charge in [0, 0.05) is 25.2 Å². The molecule has 0 atom stereocenters. The normalized spacial score (nSPS) is 15.2. The zero-order chi connectivity index (χ0) is 13.7. The molecule has 3 heteroatoms. The summed E-state index contributed by atoms with van der Waals surface area (Å²) in [4.78, 5) is 2.29. The van der Waals surface area contributed by atoms with Crippen molar-refractivity contribution in [1.82, 2.24) is 10.2 Å². The van der Waals surface area contributed by atoms with Crippen LogP contribution < -0.4 is 10.1 Å². The van der Waals surface area contributed by atoms with Gasteiger partial charge in [-0.25, -0.2) is 0 Å². The standard InChI is InChI=1S/C16H26N2O/c1-13(2)18(3)10-11-19-16-8-4-14(5-9-16)12-17-15-6-7-15/h4-5,8-9,13,15,17H,6-7,10-12H2,1-3H3. The number of nitrogens with one attached hydrogen (secondary N) is 1. The SMILES string of the molecule is CC(C)N(C)CCOc1ccc(CNC2CC2)cc1. The Balaban J connectivity index is 1.68. The Morgan fingerprint density at radius 2 is 1.95 bits per heavy atom. The topological polar surface area (TPSA) is 24.5 Å². The Kier molecular flexibility index (Phi) is 5.23. The number of ether oxygens (including phenoxy) is 1. The van der Waals surface area contributed by atoms with Crippen molar-refractivity contribution in [3.05, 3.63) is 29.8 Å². The van der Waals surface area contributed by atoms with Gasteiger partial charge in [0.25, 0.3) is 0 Å². The van der Waals surface area contributed by atoms with Crippen molar-refractivity contribution in [2.45, 2.75) is 45.3 Å². The Morgan fingerprint density at radius 3 is 2.53 bits per heavy atom. The molecule has 19 heavy (non-hydrogen) atoms. The summed E-state index contributed by atoms with van der Waals surface area (Å²) in [5.41, 5.74) is 1.33. The predicted octanol–water partition coefficient (Wildman–Crippen LogP) is 2.66. The molecule has 0 radical (unpaired) electrons. The third-order valence-electron chi connectivity index (χ3n) is 3.69. The summed E-state index contributed by atoms with van der Waals surface area (Å²) in [6.07, 6.45) is 2.68. The van der Waals surface area contributed by atoms with E-state index in [2.05, 4.69) is 55.4 Å². The van der Waals surface area contributed by atoms with Crippen LogP contribution in [0.2, 0.25) is 0 Å². The maximum atomic E-state index is 5.76. The summed E-state index contributed by atoms with van der Waals surface area (Å²) >= 11 is 0. The fourth-order valence-electron chi connectivity index (χ4n) is 1.82. The third kappa shape index (κ3) is 5.21. The molecule has 1 saturated carbocycles. The molecule has 0 amide bonds. The molecule has 1 aromatic rings. The Bertz CT molecular complexity index is 371. The summed E-state index contributed by atoms with van der Waals surface area (Å²) in [7, 11) is 2.13. The van der Waals surface area contributed by atoms with E-state index in [0.29, 0.717) is 6.04 Å². The number of likely N-dealkylation sites (N-methyl/N-ethyl adjacent to an activating group) is 1. The lowest BCUT2D eigenvalue weighted by Crippen LogP contribution is -2.30. The lowest BCUT2D eigenvalue weighted by atomic mass is 10.2. The molecule has 0 heterocycles. The van der Waals surface area contributed by atoms with Crippen molar-refractivity contribution >= 4 is 0 Å². The highest BCUT2D eigenvalue weighted by Gasteiger charge is 2.19. The van der Waals surface area contributed by atoms with Crippen molar-refractivity contribution < 1.29 is 4.74 Å². The third-order valence-corrected chi connectivity index (χ3v) is 3.69. The van der Waals surface area contributed by atoms with Crippen LogP contribution in [-0.4, -0.2) is 37.2 Å². The molecule has 0 saturated heterocycles. The highest BCUT2D eigenvalue weighted by molar-refractivity contribution is 5.27.